The monoisotopic (exact) mass is 311 g/mol. The van der Waals surface area contributed by atoms with Crippen LogP contribution in [0.4, 0.5) is 4.39 Å². The van der Waals surface area contributed by atoms with Crippen LogP contribution in [0.1, 0.15) is 38.4 Å². The number of rotatable bonds is 7. The lowest BCUT2D eigenvalue weighted by Crippen LogP contribution is -2.34. The molecule has 5 nitrogen and oxygen atoms in total. The second kappa shape index (κ2) is 7.07. The van der Waals surface area contributed by atoms with Crippen LogP contribution in [0, 0.1) is 5.82 Å². The summed E-state index contributed by atoms with van der Waals surface area (Å²) in [6.45, 7) is 3.29. The quantitative estimate of drug-likeness (QED) is 0.783. The van der Waals surface area contributed by atoms with E-state index in [1.807, 2.05) is 0 Å². The van der Waals surface area contributed by atoms with Gasteiger partial charge in [-0.2, -0.15) is 0 Å². The summed E-state index contributed by atoms with van der Waals surface area (Å²) in [6, 6.07) is 3.51. The Balaban J connectivity index is 2.23. The smallest absolute Gasteiger partial charge is 0.322 e. The number of esters is 1. The van der Waals surface area contributed by atoms with E-state index in [9.17, 15) is 9.18 Å². The third kappa shape index (κ3) is 4.18. The molecule has 1 aromatic rings. The van der Waals surface area contributed by atoms with Gasteiger partial charge in [0.05, 0.1) is 13.2 Å². The van der Waals surface area contributed by atoms with E-state index in [1.54, 1.807) is 19.9 Å². The summed E-state index contributed by atoms with van der Waals surface area (Å²) >= 11 is 0. The largest absolute Gasteiger partial charge is 0.496 e. The molecule has 22 heavy (non-hydrogen) atoms. The van der Waals surface area contributed by atoms with Gasteiger partial charge in [0.1, 0.15) is 29.8 Å². The van der Waals surface area contributed by atoms with Crippen molar-refractivity contribution in [2.75, 3.05) is 7.11 Å². The molecule has 0 spiro atoms. The predicted octanol–water partition coefficient (Wildman–Crippen LogP) is 2.33. The molecule has 1 fully saturated rings. The molecule has 1 aliphatic carbocycles. The van der Waals surface area contributed by atoms with Gasteiger partial charge in [-0.1, -0.05) is 0 Å². The summed E-state index contributed by atoms with van der Waals surface area (Å²) in [4.78, 5) is 11.7. The van der Waals surface area contributed by atoms with Gasteiger partial charge in [0.15, 0.2) is 0 Å². The van der Waals surface area contributed by atoms with E-state index in [1.165, 1.54) is 19.2 Å². The van der Waals surface area contributed by atoms with Crippen LogP contribution in [0.5, 0.6) is 5.75 Å². The summed E-state index contributed by atoms with van der Waals surface area (Å²) in [5.41, 5.74) is 6.18. The van der Waals surface area contributed by atoms with Crippen molar-refractivity contribution in [2.45, 2.75) is 51.0 Å². The molecule has 0 unspecified atom stereocenters. The topological polar surface area (TPSA) is 70.8 Å². The average Bonchev–Trinajstić information content (AvgIpc) is 3.28. The van der Waals surface area contributed by atoms with Gasteiger partial charge in [-0.15, -0.1) is 0 Å². The van der Waals surface area contributed by atoms with Crippen molar-refractivity contribution in [1.82, 2.24) is 0 Å². The van der Waals surface area contributed by atoms with Crippen molar-refractivity contribution in [3.8, 4) is 5.75 Å². The fraction of sp³-hybridized carbons (Fsp3) is 0.562. The third-order valence-electron chi connectivity index (χ3n) is 3.47. The molecule has 2 rings (SSSR count). The number of methoxy groups -OCH3 is 1. The van der Waals surface area contributed by atoms with E-state index in [-0.39, 0.29) is 6.10 Å². The van der Waals surface area contributed by atoms with Crippen molar-refractivity contribution in [2.24, 2.45) is 5.73 Å². The number of benzene rings is 1. The maximum absolute atomic E-state index is 13.4. The summed E-state index contributed by atoms with van der Waals surface area (Å²) < 4.78 is 29.9. The van der Waals surface area contributed by atoms with Gasteiger partial charge in [-0.3, -0.25) is 4.79 Å². The number of halogens is 1. The minimum Gasteiger partial charge on any atom is -0.496 e. The minimum atomic E-state index is -0.709. The van der Waals surface area contributed by atoms with Crippen LogP contribution in [0.15, 0.2) is 18.2 Å². The van der Waals surface area contributed by atoms with Crippen LogP contribution < -0.4 is 10.5 Å². The summed E-state index contributed by atoms with van der Waals surface area (Å²) in [5, 5.41) is 0. The third-order valence-corrected chi connectivity index (χ3v) is 3.47. The standard InChI is InChI=1S/C16H22FNO4/c1-9(18)16(19)21-10(2)15(22-12-5-6-12)13-7-4-11(17)8-14(13)20-3/h4,7-10,12,15H,5-6,18H2,1-3H3/t9-,10-,15+/m0/s1. The molecule has 122 valence electrons. The van der Waals surface area contributed by atoms with Crippen molar-refractivity contribution < 1.29 is 23.4 Å². The number of ether oxygens (including phenoxy) is 3. The first-order valence-corrected chi connectivity index (χ1v) is 7.37. The zero-order chi connectivity index (χ0) is 16.3. The lowest BCUT2D eigenvalue weighted by atomic mass is 10.0. The molecule has 0 bridgehead atoms. The van der Waals surface area contributed by atoms with Crippen molar-refractivity contribution in [3.63, 3.8) is 0 Å². The van der Waals surface area contributed by atoms with E-state index in [2.05, 4.69) is 0 Å². The molecular formula is C16H22FNO4. The van der Waals surface area contributed by atoms with Crippen molar-refractivity contribution in [1.29, 1.82) is 0 Å². The molecule has 3 atom stereocenters. The highest BCUT2D eigenvalue weighted by Gasteiger charge is 2.34. The number of carbonyl (C=O) groups excluding carboxylic acids is 1. The Morgan fingerprint density at radius 3 is 2.59 bits per heavy atom. The predicted molar refractivity (Wildman–Crippen MR) is 79.0 cm³/mol. The maximum Gasteiger partial charge on any atom is 0.322 e. The second-order valence-electron chi connectivity index (χ2n) is 5.57. The van der Waals surface area contributed by atoms with Gasteiger partial charge in [-0.05, 0) is 38.8 Å². The zero-order valence-electron chi connectivity index (χ0n) is 13.0. The first-order valence-electron chi connectivity index (χ1n) is 7.37. The highest BCUT2D eigenvalue weighted by molar-refractivity contribution is 5.75. The van der Waals surface area contributed by atoms with Crippen LogP contribution in [0.3, 0.4) is 0 Å². The fourth-order valence-corrected chi connectivity index (χ4v) is 2.12. The molecule has 0 heterocycles. The van der Waals surface area contributed by atoms with Crippen LogP contribution in [-0.2, 0) is 14.3 Å². The van der Waals surface area contributed by atoms with E-state index < -0.39 is 30.0 Å². The van der Waals surface area contributed by atoms with E-state index in [4.69, 9.17) is 19.9 Å². The van der Waals surface area contributed by atoms with Crippen LogP contribution in [0.2, 0.25) is 0 Å². The molecule has 0 saturated heterocycles. The van der Waals surface area contributed by atoms with Crippen molar-refractivity contribution >= 4 is 5.97 Å². The SMILES string of the molecule is COc1cc(F)ccc1[C@H](OC1CC1)[C@H](C)OC(=O)[C@H](C)N. The van der Waals surface area contributed by atoms with Crippen LogP contribution in [-0.4, -0.2) is 31.3 Å². The van der Waals surface area contributed by atoms with Gasteiger partial charge >= 0.3 is 5.97 Å². The summed E-state index contributed by atoms with van der Waals surface area (Å²) in [7, 11) is 1.46. The van der Waals surface area contributed by atoms with Gasteiger partial charge in [0.2, 0.25) is 0 Å². The van der Waals surface area contributed by atoms with Gasteiger partial charge in [-0.25, -0.2) is 4.39 Å². The highest BCUT2D eigenvalue weighted by atomic mass is 19.1. The van der Waals surface area contributed by atoms with Gasteiger partial charge in [0, 0.05) is 11.6 Å². The van der Waals surface area contributed by atoms with E-state index >= 15 is 0 Å². The average molecular weight is 311 g/mol. The Morgan fingerprint density at radius 1 is 1.36 bits per heavy atom. The number of hydrogen-bond acceptors (Lipinski definition) is 5. The molecule has 0 radical (unpaired) electrons. The maximum atomic E-state index is 13.4. The Morgan fingerprint density at radius 2 is 2.05 bits per heavy atom. The second-order valence-corrected chi connectivity index (χ2v) is 5.57. The van der Waals surface area contributed by atoms with E-state index in [0.717, 1.165) is 12.8 Å². The lowest BCUT2D eigenvalue weighted by molar-refractivity contribution is -0.158. The Kier molecular flexibility index (Phi) is 5.37. The Bertz CT molecular complexity index is 531. The number of hydrogen-bond donors (Lipinski definition) is 1. The molecule has 0 amide bonds. The minimum absolute atomic E-state index is 0.135. The number of carbonyl (C=O) groups is 1. The summed E-state index contributed by atoms with van der Waals surface area (Å²) in [5.74, 6) is -0.529. The van der Waals surface area contributed by atoms with Crippen LogP contribution in [0.25, 0.3) is 0 Å². The normalized spacial score (nSPS) is 18.4. The van der Waals surface area contributed by atoms with Gasteiger partial charge in [0.25, 0.3) is 0 Å². The molecule has 0 aliphatic heterocycles. The lowest BCUT2D eigenvalue weighted by Gasteiger charge is -2.26. The number of nitrogens with two attached hydrogens (primary N) is 1. The van der Waals surface area contributed by atoms with Crippen molar-refractivity contribution in [3.05, 3.63) is 29.6 Å². The molecule has 2 N–H and O–H groups in total. The molecule has 1 saturated carbocycles. The molecule has 0 aromatic heterocycles. The summed E-state index contributed by atoms with van der Waals surface area (Å²) in [6.07, 6.45) is 0.988. The molecule has 6 heteroatoms. The van der Waals surface area contributed by atoms with Crippen LogP contribution >= 0.6 is 0 Å². The Hall–Kier alpha value is -1.66. The molecule has 1 aliphatic rings. The van der Waals surface area contributed by atoms with Gasteiger partial charge < -0.3 is 19.9 Å². The zero-order valence-corrected chi connectivity index (χ0v) is 13.0. The molecular weight excluding hydrogens is 289 g/mol. The first-order chi connectivity index (χ1) is 10.4. The highest BCUT2D eigenvalue weighted by Crippen LogP contribution is 2.37. The molecule has 1 aromatic carbocycles. The first kappa shape index (κ1) is 16.7. The fourth-order valence-electron chi connectivity index (χ4n) is 2.12. The Labute approximate surface area is 129 Å². The van der Waals surface area contributed by atoms with E-state index in [0.29, 0.717) is 11.3 Å².